The lowest BCUT2D eigenvalue weighted by molar-refractivity contribution is 0.560. The van der Waals surface area contributed by atoms with Crippen molar-refractivity contribution in [2.24, 2.45) is 10.2 Å². The third-order valence-corrected chi connectivity index (χ3v) is 2.24. The molecule has 0 N–H and O–H groups in total. The molecule has 2 aromatic rings. The van der Waals surface area contributed by atoms with Crippen LogP contribution in [-0.2, 0) is 0 Å². The molecule has 0 amide bonds. The molecular weight excluding hydrogens is 224 g/mol. The highest BCUT2D eigenvalue weighted by Crippen LogP contribution is 2.12. The predicted octanol–water partition coefficient (Wildman–Crippen LogP) is 3.39. The van der Waals surface area contributed by atoms with Crippen molar-refractivity contribution in [3.05, 3.63) is 59.0 Å². The van der Waals surface area contributed by atoms with Gasteiger partial charge in [0.05, 0.1) is 18.7 Å². The van der Waals surface area contributed by atoms with E-state index in [1.165, 1.54) is 6.21 Å². The van der Waals surface area contributed by atoms with E-state index in [4.69, 9.17) is 16.0 Å². The minimum absolute atomic E-state index is 0.652. The van der Waals surface area contributed by atoms with Gasteiger partial charge >= 0.3 is 0 Å². The standard InChI is InChI=1S/C12H9ClN2O/c13-12-6-2-1-4-10(12)8-14-15-9-11-5-3-7-16-11/h1-9H/b14-8-,15-9-. The number of hydrogen-bond donors (Lipinski definition) is 0. The van der Waals surface area contributed by atoms with Gasteiger partial charge in [-0.25, -0.2) is 0 Å². The average Bonchev–Trinajstić information content (AvgIpc) is 2.79. The van der Waals surface area contributed by atoms with E-state index in [-0.39, 0.29) is 0 Å². The summed E-state index contributed by atoms with van der Waals surface area (Å²) in [6.45, 7) is 0. The Morgan fingerprint density at radius 3 is 2.56 bits per heavy atom. The largest absolute Gasteiger partial charge is 0.463 e. The zero-order valence-electron chi connectivity index (χ0n) is 8.38. The topological polar surface area (TPSA) is 37.9 Å². The van der Waals surface area contributed by atoms with Crippen LogP contribution in [-0.4, -0.2) is 12.4 Å². The second kappa shape index (κ2) is 5.28. The van der Waals surface area contributed by atoms with E-state index in [1.54, 1.807) is 30.7 Å². The fraction of sp³-hybridized carbons (Fsp3) is 0. The number of furan rings is 1. The highest BCUT2D eigenvalue weighted by Gasteiger charge is 1.93. The summed E-state index contributed by atoms with van der Waals surface area (Å²) in [5, 5.41) is 8.37. The van der Waals surface area contributed by atoms with Crippen molar-refractivity contribution in [3.63, 3.8) is 0 Å². The Bertz CT molecular complexity index is 503. The van der Waals surface area contributed by atoms with Crippen molar-refractivity contribution in [1.29, 1.82) is 0 Å². The van der Waals surface area contributed by atoms with Crippen LogP contribution in [0.15, 0.2) is 57.3 Å². The summed E-state index contributed by atoms with van der Waals surface area (Å²) in [4.78, 5) is 0. The fourth-order valence-corrected chi connectivity index (χ4v) is 1.31. The van der Waals surface area contributed by atoms with Gasteiger partial charge < -0.3 is 4.42 Å². The molecule has 0 spiro atoms. The van der Waals surface area contributed by atoms with Crippen LogP contribution in [0.4, 0.5) is 0 Å². The van der Waals surface area contributed by atoms with Gasteiger partial charge in [0.2, 0.25) is 0 Å². The first kappa shape index (κ1) is 10.6. The number of nitrogens with zero attached hydrogens (tertiary/aromatic N) is 2. The Hall–Kier alpha value is -1.87. The number of hydrogen-bond acceptors (Lipinski definition) is 3. The van der Waals surface area contributed by atoms with E-state index in [0.717, 1.165) is 5.56 Å². The smallest absolute Gasteiger partial charge is 0.146 e. The van der Waals surface area contributed by atoms with Crippen LogP contribution in [0.1, 0.15) is 11.3 Å². The summed E-state index contributed by atoms with van der Waals surface area (Å²) in [7, 11) is 0. The Morgan fingerprint density at radius 2 is 1.81 bits per heavy atom. The van der Waals surface area contributed by atoms with Crippen molar-refractivity contribution in [2.75, 3.05) is 0 Å². The molecule has 80 valence electrons. The molecule has 0 radical (unpaired) electrons. The summed E-state index contributed by atoms with van der Waals surface area (Å²) < 4.78 is 5.06. The van der Waals surface area contributed by atoms with E-state index in [1.807, 2.05) is 18.2 Å². The monoisotopic (exact) mass is 232 g/mol. The first-order chi connectivity index (χ1) is 7.86. The zero-order chi connectivity index (χ0) is 11.2. The molecule has 1 aromatic carbocycles. The first-order valence-electron chi connectivity index (χ1n) is 4.71. The summed E-state index contributed by atoms with van der Waals surface area (Å²) in [6, 6.07) is 11.0. The molecule has 0 saturated heterocycles. The maximum absolute atomic E-state index is 5.94. The lowest BCUT2D eigenvalue weighted by Gasteiger charge is -1.93. The van der Waals surface area contributed by atoms with Crippen LogP contribution in [0.3, 0.4) is 0 Å². The molecule has 2 rings (SSSR count). The minimum atomic E-state index is 0.652. The van der Waals surface area contributed by atoms with Crippen LogP contribution >= 0.6 is 11.6 Å². The van der Waals surface area contributed by atoms with Gasteiger partial charge in [-0.2, -0.15) is 10.2 Å². The van der Waals surface area contributed by atoms with Crippen LogP contribution in [0.5, 0.6) is 0 Å². The van der Waals surface area contributed by atoms with Gasteiger partial charge in [0.1, 0.15) is 5.76 Å². The van der Waals surface area contributed by atoms with Gasteiger partial charge in [0.15, 0.2) is 0 Å². The predicted molar refractivity (Wildman–Crippen MR) is 65.3 cm³/mol. The van der Waals surface area contributed by atoms with Gasteiger partial charge in [0.25, 0.3) is 0 Å². The molecule has 3 nitrogen and oxygen atoms in total. The molecule has 0 saturated carbocycles. The Labute approximate surface area is 98.1 Å². The molecule has 0 aliphatic heterocycles. The third-order valence-electron chi connectivity index (χ3n) is 1.90. The Morgan fingerprint density at radius 1 is 1.00 bits per heavy atom. The van der Waals surface area contributed by atoms with Crippen LogP contribution in [0.25, 0.3) is 0 Å². The van der Waals surface area contributed by atoms with E-state index in [0.29, 0.717) is 10.8 Å². The molecule has 0 aliphatic rings. The normalized spacial score (nSPS) is 11.6. The summed E-state index contributed by atoms with van der Waals surface area (Å²) in [5.41, 5.74) is 0.834. The van der Waals surface area contributed by atoms with Gasteiger partial charge in [0, 0.05) is 10.6 Å². The number of halogens is 1. The van der Waals surface area contributed by atoms with Crippen LogP contribution in [0, 0.1) is 0 Å². The molecule has 16 heavy (non-hydrogen) atoms. The second-order valence-corrected chi connectivity index (χ2v) is 3.43. The molecule has 0 bridgehead atoms. The fourth-order valence-electron chi connectivity index (χ4n) is 1.13. The molecule has 0 aliphatic carbocycles. The van der Waals surface area contributed by atoms with Crippen molar-refractivity contribution in [3.8, 4) is 0 Å². The molecule has 4 heteroatoms. The molecular formula is C12H9ClN2O. The molecule has 0 unspecified atom stereocenters. The summed E-state index contributed by atoms with van der Waals surface area (Å²) in [5.74, 6) is 0.663. The van der Waals surface area contributed by atoms with E-state index >= 15 is 0 Å². The molecule has 0 fully saturated rings. The lowest BCUT2D eigenvalue weighted by Crippen LogP contribution is -1.81. The Kier molecular flexibility index (Phi) is 3.51. The van der Waals surface area contributed by atoms with Crippen molar-refractivity contribution in [2.45, 2.75) is 0 Å². The Balaban J connectivity index is 2.03. The van der Waals surface area contributed by atoms with Crippen molar-refractivity contribution < 1.29 is 4.42 Å². The van der Waals surface area contributed by atoms with Crippen molar-refractivity contribution >= 4 is 24.0 Å². The maximum atomic E-state index is 5.94. The third kappa shape index (κ3) is 2.81. The van der Waals surface area contributed by atoms with Gasteiger partial charge in [-0.05, 0) is 18.2 Å². The molecule has 1 aromatic heterocycles. The van der Waals surface area contributed by atoms with Gasteiger partial charge in [-0.15, -0.1) is 0 Å². The number of rotatable bonds is 3. The van der Waals surface area contributed by atoms with Gasteiger partial charge in [-0.3, -0.25) is 0 Å². The highest BCUT2D eigenvalue weighted by molar-refractivity contribution is 6.33. The first-order valence-corrected chi connectivity index (χ1v) is 5.08. The van der Waals surface area contributed by atoms with Crippen LogP contribution in [0.2, 0.25) is 5.02 Å². The van der Waals surface area contributed by atoms with Gasteiger partial charge in [-0.1, -0.05) is 29.8 Å². The summed E-state index contributed by atoms with van der Waals surface area (Å²) in [6.07, 6.45) is 4.72. The van der Waals surface area contributed by atoms with E-state index in [9.17, 15) is 0 Å². The molecule has 1 heterocycles. The lowest BCUT2D eigenvalue weighted by atomic mass is 10.2. The van der Waals surface area contributed by atoms with Crippen molar-refractivity contribution in [1.82, 2.24) is 0 Å². The van der Waals surface area contributed by atoms with Crippen LogP contribution < -0.4 is 0 Å². The minimum Gasteiger partial charge on any atom is -0.463 e. The summed E-state index contributed by atoms with van der Waals surface area (Å²) >= 11 is 5.94. The highest BCUT2D eigenvalue weighted by atomic mass is 35.5. The second-order valence-electron chi connectivity index (χ2n) is 3.03. The number of benzene rings is 1. The molecule has 0 atom stereocenters. The zero-order valence-corrected chi connectivity index (χ0v) is 9.13. The average molecular weight is 233 g/mol. The van der Waals surface area contributed by atoms with E-state index < -0.39 is 0 Å². The maximum Gasteiger partial charge on any atom is 0.146 e. The van der Waals surface area contributed by atoms with E-state index in [2.05, 4.69) is 10.2 Å². The SMILES string of the molecule is Clc1ccccc1/C=N\N=C/c1ccco1. The quantitative estimate of drug-likeness (QED) is 0.591.